The Labute approximate surface area is 92.0 Å². The van der Waals surface area contributed by atoms with Crippen molar-refractivity contribution in [2.45, 2.75) is 39.0 Å². The van der Waals surface area contributed by atoms with Gasteiger partial charge in [-0.3, -0.25) is 0 Å². The summed E-state index contributed by atoms with van der Waals surface area (Å²) in [5, 5.41) is 0. The predicted octanol–water partition coefficient (Wildman–Crippen LogP) is 3.74. The molecule has 0 radical (unpaired) electrons. The van der Waals surface area contributed by atoms with E-state index in [4.69, 9.17) is 5.73 Å². The van der Waals surface area contributed by atoms with Crippen molar-refractivity contribution in [1.82, 2.24) is 0 Å². The monoisotopic (exact) mass is 201 g/mol. The molecule has 1 heteroatoms. The first-order chi connectivity index (χ1) is 7.04. The van der Waals surface area contributed by atoms with Crippen LogP contribution >= 0.6 is 0 Å². The van der Waals surface area contributed by atoms with Crippen LogP contribution in [-0.2, 0) is 5.41 Å². The Morgan fingerprint density at radius 3 is 2.73 bits per heavy atom. The van der Waals surface area contributed by atoms with Gasteiger partial charge in [-0.1, -0.05) is 32.9 Å². The molecule has 0 heterocycles. The maximum atomic E-state index is 5.87. The average molecular weight is 201 g/mol. The largest absolute Gasteiger partial charge is 0.399 e. The molecular weight excluding hydrogens is 182 g/mol. The summed E-state index contributed by atoms with van der Waals surface area (Å²) in [7, 11) is 0. The van der Waals surface area contributed by atoms with Crippen LogP contribution in [0.5, 0.6) is 0 Å². The summed E-state index contributed by atoms with van der Waals surface area (Å²) in [6, 6.07) is 6.31. The van der Waals surface area contributed by atoms with Crippen LogP contribution in [0.4, 0.5) is 5.69 Å². The summed E-state index contributed by atoms with van der Waals surface area (Å²) in [5.41, 5.74) is 11.2. The van der Waals surface area contributed by atoms with Crippen molar-refractivity contribution < 1.29 is 0 Å². The molecule has 80 valence electrons. The molecule has 1 aromatic rings. The van der Waals surface area contributed by atoms with Gasteiger partial charge in [0.05, 0.1) is 0 Å². The number of benzene rings is 1. The number of rotatable bonds is 1. The van der Waals surface area contributed by atoms with Gasteiger partial charge in [0, 0.05) is 5.69 Å². The van der Waals surface area contributed by atoms with Gasteiger partial charge in [-0.05, 0) is 47.1 Å². The van der Waals surface area contributed by atoms with Crippen molar-refractivity contribution in [1.29, 1.82) is 0 Å². The molecule has 2 N–H and O–H groups in total. The summed E-state index contributed by atoms with van der Waals surface area (Å²) >= 11 is 0. The SMILES string of the molecule is CCC1=CCC(C)(C)c2cc(N)ccc21. The lowest BCUT2D eigenvalue weighted by Gasteiger charge is -2.32. The van der Waals surface area contributed by atoms with Gasteiger partial charge in [0.1, 0.15) is 0 Å². The molecule has 1 aromatic carbocycles. The second-order valence-corrected chi connectivity index (χ2v) is 4.98. The number of hydrogen-bond acceptors (Lipinski definition) is 1. The Bertz CT molecular complexity index is 413. The third kappa shape index (κ3) is 1.67. The van der Waals surface area contributed by atoms with Gasteiger partial charge in [0.2, 0.25) is 0 Å². The van der Waals surface area contributed by atoms with Crippen LogP contribution in [0.3, 0.4) is 0 Å². The second-order valence-electron chi connectivity index (χ2n) is 4.98. The van der Waals surface area contributed by atoms with E-state index in [0.717, 1.165) is 18.5 Å². The lowest BCUT2D eigenvalue weighted by Crippen LogP contribution is -2.21. The molecule has 0 aromatic heterocycles. The van der Waals surface area contributed by atoms with Crippen LogP contribution in [0.25, 0.3) is 5.57 Å². The molecular formula is C14H19N. The lowest BCUT2D eigenvalue weighted by atomic mass is 9.73. The standard InChI is InChI=1S/C14H19N/c1-4-10-7-8-14(2,3)13-9-11(15)5-6-12(10)13/h5-7,9H,4,8,15H2,1-3H3. The minimum absolute atomic E-state index is 0.226. The highest BCUT2D eigenvalue weighted by atomic mass is 14.5. The Balaban J connectivity index is 2.62. The average Bonchev–Trinajstić information content (AvgIpc) is 2.19. The first kappa shape index (κ1) is 10.3. The van der Waals surface area contributed by atoms with E-state index in [-0.39, 0.29) is 5.41 Å². The van der Waals surface area contributed by atoms with Gasteiger partial charge in [-0.15, -0.1) is 0 Å². The lowest BCUT2D eigenvalue weighted by molar-refractivity contribution is 0.526. The van der Waals surface area contributed by atoms with Crippen LogP contribution in [0.1, 0.15) is 44.7 Å². The number of nitrogens with two attached hydrogens (primary N) is 1. The summed E-state index contributed by atoms with van der Waals surface area (Å²) in [6.45, 7) is 6.78. The number of allylic oxidation sites excluding steroid dienone is 2. The smallest absolute Gasteiger partial charge is 0.0317 e. The molecule has 0 saturated carbocycles. The molecule has 0 atom stereocenters. The van der Waals surface area contributed by atoms with Gasteiger partial charge in [0.25, 0.3) is 0 Å². The van der Waals surface area contributed by atoms with Crippen LogP contribution in [-0.4, -0.2) is 0 Å². The van der Waals surface area contributed by atoms with Crippen LogP contribution in [0.2, 0.25) is 0 Å². The Morgan fingerprint density at radius 2 is 2.07 bits per heavy atom. The summed E-state index contributed by atoms with van der Waals surface area (Å²) < 4.78 is 0. The van der Waals surface area contributed by atoms with Gasteiger partial charge in [0.15, 0.2) is 0 Å². The molecule has 0 saturated heterocycles. The summed E-state index contributed by atoms with van der Waals surface area (Å²) in [5.74, 6) is 0. The molecule has 1 nitrogen and oxygen atoms in total. The normalized spacial score (nSPS) is 18.2. The van der Waals surface area contributed by atoms with Gasteiger partial charge in [-0.2, -0.15) is 0 Å². The van der Waals surface area contributed by atoms with Crippen LogP contribution in [0, 0.1) is 0 Å². The fraction of sp³-hybridized carbons (Fsp3) is 0.429. The molecule has 0 unspecified atom stereocenters. The summed E-state index contributed by atoms with van der Waals surface area (Å²) in [6.07, 6.45) is 4.60. The van der Waals surface area contributed by atoms with E-state index >= 15 is 0 Å². The van der Waals surface area contributed by atoms with E-state index in [0.29, 0.717) is 0 Å². The first-order valence-electron chi connectivity index (χ1n) is 5.64. The minimum Gasteiger partial charge on any atom is -0.399 e. The Kier molecular flexibility index (Phi) is 2.34. The Hall–Kier alpha value is -1.24. The van der Waals surface area contributed by atoms with Crippen LogP contribution in [0.15, 0.2) is 24.3 Å². The van der Waals surface area contributed by atoms with E-state index in [1.807, 2.05) is 6.07 Å². The zero-order valence-corrected chi connectivity index (χ0v) is 9.80. The van der Waals surface area contributed by atoms with E-state index in [9.17, 15) is 0 Å². The fourth-order valence-electron chi connectivity index (χ4n) is 2.33. The molecule has 0 spiro atoms. The zero-order valence-electron chi connectivity index (χ0n) is 9.80. The maximum Gasteiger partial charge on any atom is 0.0317 e. The van der Waals surface area contributed by atoms with Crippen LogP contribution < -0.4 is 5.73 Å². The highest BCUT2D eigenvalue weighted by Gasteiger charge is 2.27. The molecule has 0 aliphatic heterocycles. The highest BCUT2D eigenvalue weighted by Crippen LogP contribution is 2.40. The number of fused-ring (bicyclic) bond motifs is 1. The third-order valence-electron chi connectivity index (χ3n) is 3.36. The zero-order chi connectivity index (χ0) is 11.1. The Morgan fingerprint density at radius 1 is 1.33 bits per heavy atom. The quantitative estimate of drug-likeness (QED) is 0.688. The third-order valence-corrected chi connectivity index (χ3v) is 3.36. The van der Waals surface area contributed by atoms with Gasteiger partial charge < -0.3 is 5.73 Å². The van der Waals surface area contributed by atoms with Crippen molar-refractivity contribution >= 4 is 11.3 Å². The van der Waals surface area contributed by atoms with Crippen molar-refractivity contribution in [2.24, 2.45) is 0 Å². The maximum absolute atomic E-state index is 5.87. The van der Waals surface area contributed by atoms with Gasteiger partial charge in [-0.25, -0.2) is 0 Å². The molecule has 2 rings (SSSR count). The minimum atomic E-state index is 0.226. The predicted molar refractivity (Wildman–Crippen MR) is 66.8 cm³/mol. The van der Waals surface area contributed by atoms with Crippen molar-refractivity contribution in [3.63, 3.8) is 0 Å². The first-order valence-corrected chi connectivity index (χ1v) is 5.64. The molecule has 0 amide bonds. The molecule has 0 fully saturated rings. The number of hydrogen-bond donors (Lipinski definition) is 1. The molecule has 1 aliphatic rings. The van der Waals surface area contributed by atoms with E-state index in [1.54, 1.807) is 0 Å². The molecule has 15 heavy (non-hydrogen) atoms. The second kappa shape index (κ2) is 3.41. The van der Waals surface area contributed by atoms with Crippen molar-refractivity contribution in [2.75, 3.05) is 5.73 Å². The highest BCUT2D eigenvalue weighted by molar-refractivity contribution is 5.73. The molecule has 0 bridgehead atoms. The fourth-order valence-corrected chi connectivity index (χ4v) is 2.33. The number of nitrogen functional groups attached to an aromatic ring is 1. The molecule has 1 aliphatic carbocycles. The van der Waals surface area contributed by atoms with Crippen molar-refractivity contribution in [3.8, 4) is 0 Å². The van der Waals surface area contributed by atoms with Gasteiger partial charge >= 0.3 is 0 Å². The van der Waals surface area contributed by atoms with E-state index < -0.39 is 0 Å². The topological polar surface area (TPSA) is 26.0 Å². The van der Waals surface area contributed by atoms with E-state index in [2.05, 4.69) is 39.0 Å². The number of anilines is 1. The van der Waals surface area contributed by atoms with E-state index in [1.165, 1.54) is 16.7 Å². The summed E-state index contributed by atoms with van der Waals surface area (Å²) in [4.78, 5) is 0. The van der Waals surface area contributed by atoms with Crippen molar-refractivity contribution in [3.05, 3.63) is 35.4 Å².